The van der Waals surface area contributed by atoms with E-state index < -0.39 is 0 Å². The summed E-state index contributed by atoms with van der Waals surface area (Å²) in [7, 11) is 0. The lowest BCUT2D eigenvalue weighted by Crippen LogP contribution is -2.35. The van der Waals surface area contributed by atoms with Crippen molar-refractivity contribution < 1.29 is 4.42 Å². The second-order valence-corrected chi connectivity index (χ2v) is 7.64. The molecule has 0 radical (unpaired) electrons. The van der Waals surface area contributed by atoms with Gasteiger partial charge in [0.25, 0.3) is 0 Å². The summed E-state index contributed by atoms with van der Waals surface area (Å²) >= 11 is 3.75. The van der Waals surface area contributed by atoms with Crippen LogP contribution >= 0.6 is 15.9 Å². The molecular formula is C16H25BrO. The van der Waals surface area contributed by atoms with E-state index in [9.17, 15) is 0 Å². The maximum Gasteiger partial charge on any atom is 0.0934 e. The molecule has 1 fully saturated rings. The van der Waals surface area contributed by atoms with Crippen LogP contribution < -0.4 is 0 Å². The predicted octanol–water partition coefficient (Wildman–Crippen LogP) is 5.44. The van der Waals surface area contributed by atoms with Crippen molar-refractivity contribution in [1.82, 2.24) is 0 Å². The van der Waals surface area contributed by atoms with Crippen molar-refractivity contribution >= 4 is 15.9 Å². The van der Waals surface area contributed by atoms with E-state index in [1.54, 1.807) is 6.26 Å². The van der Waals surface area contributed by atoms with Gasteiger partial charge in [0.2, 0.25) is 0 Å². The van der Waals surface area contributed by atoms with Crippen LogP contribution in [0.2, 0.25) is 0 Å². The zero-order valence-electron chi connectivity index (χ0n) is 11.8. The standard InChI is InChI=1S/C16H25BrO/c1-15(2,3)14-4-7-16(12-17,8-5-14)10-13-6-9-18-11-13/h6,9,11,14H,4-5,7-8,10,12H2,1-3H3. The average molecular weight is 313 g/mol. The molecule has 1 saturated carbocycles. The molecule has 0 atom stereocenters. The highest BCUT2D eigenvalue weighted by atomic mass is 79.9. The van der Waals surface area contributed by atoms with E-state index in [0.29, 0.717) is 10.8 Å². The maximum atomic E-state index is 5.21. The summed E-state index contributed by atoms with van der Waals surface area (Å²) in [6, 6.07) is 2.11. The SMILES string of the molecule is CC(C)(C)C1CCC(CBr)(Cc2ccoc2)CC1. The molecule has 1 heterocycles. The molecular weight excluding hydrogens is 288 g/mol. The number of hydrogen-bond acceptors (Lipinski definition) is 1. The lowest BCUT2D eigenvalue weighted by atomic mass is 9.63. The number of furan rings is 1. The lowest BCUT2D eigenvalue weighted by molar-refractivity contribution is 0.103. The number of rotatable bonds is 3. The Balaban J connectivity index is 2.00. The van der Waals surface area contributed by atoms with E-state index in [1.807, 2.05) is 6.26 Å². The van der Waals surface area contributed by atoms with Crippen molar-refractivity contribution in [3.8, 4) is 0 Å². The molecule has 0 spiro atoms. The fourth-order valence-corrected chi connectivity index (χ4v) is 4.04. The van der Waals surface area contributed by atoms with Crippen LogP contribution in [0.4, 0.5) is 0 Å². The molecule has 102 valence electrons. The van der Waals surface area contributed by atoms with E-state index in [1.165, 1.54) is 31.2 Å². The second kappa shape index (κ2) is 5.40. The highest BCUT2D eigenvalue weighted by molar-refractivity contribution is 9.09. The molecule has 0 aromatic carbocycles. The molecule has 2 rings (SSSR count). The molecule has 0 amide bonds. The zero-order chi connectivity index (χ0) is 13.2. The molecule has 18 heavy (non-hydrogen) atoms. The van der Waals surface area contributed by atoms with E-state index in [2.05, 4.69) is 42.8 Å². The third-order valence-electron chi connectivity index (χ3n) is 4.71. The number of alkyl halides is 1. The predicted molar refractivity (Wildman–Crippen MR) is 80.1 cm³/mol. The molecule has 1 nitrogen and oxygen atoms in total. The minimum Gasteiger partial charge on any atom is -0.472 e. The van der Waals surface area contributed by atoms with Gasteiger partial charge < -0.3 is 4.42 Å². The summed E-state index contributed by atoms with van der Waals surface area (Å²) in [6.07, 6.45) is 10.3. The largest absolute Gasteiger partial charge is 0.472 e. The van der Waals surface area contributed by atoms with Gasteiger partial charge in [0.1, 0.15) is 0 Å². The third kappa shape index (κ3) is 3.20. The Labute approximate surface area is 119 Å². The quantitative estimate of drug-likeness (QED) is 0.677. The van der Waals surface area contributed by atoms with Crippen LogP contribution in [0, 0.1) is 16.7 Å². The molecule has 0 saturated heterocycles. The number of hydrogen-bond donors (Lipinski definition) is 0. The van der Waals surface area contributed by atoms with Crippen molar-refractivity contribution in [2.45, 2.75) is 52.9 Å². The summed E-state index contributed by atoms with van der Waals surface area (Å²) in [6.45, 7) is 7.15. The van der Waals surface area contributed by atoms with E-state index >= 15 is 0 Å². The Morgan fingerprint density at radius 2 is 2.00 bits per heavy atom. The fraction of sp³-hybridized carbons (Fsp3) is 0.750. The topological polar surface area (TPSA) is 13.1 Å². The summed E-state index contributed by atoms with van der Waals surface area (Å²) in [5.74, 6) is 0.883. The fourth-order valence-electron chi connectivity index (χ4n) is 3.28. The zero-order valence-corrected chi connectivity index (χ0v) is 13.4. The van der Waals surface area contributed by atoms with Crippen LogP contribution in [0.25, 0.3) is 0 Å². The van der Waals surface area contributed by atoms with Crippen molar-refractivity contribution in [1.29, 1.82) is 0 Å². The van der Waals surface area contributed by atoms with Gasteiger partial charge in [-0.3, -0.25) is 0 Å². The van der Waals surface area contributed by atoms with Gasteiger partial charge in [-0.2, -0.15) is 0 Å². The minimum absolute atomic E-state index is 0.450. The smallest absolute Gasteiger partial charge is 0.0934 e. The van der Waals surface area contributed by atoms with Gasteiger partial charge in [0.15, 0.2) is 0 Å². The normalized spacial score (nSPS) is 29.4. The van der Waals surface area contributed by atoms with E-state index in [0.717, 1.165) is 17.7 Å². The molecule has 0 bridgehead atoms. The first kappa shape index (κ1) is 14.2. The first-order valence-electron chi connectivity index (χ1n) is 7.02. The molecule has 1 aromatic heterocycles. The molecule has 1 aromatic rings. The third-order valence-corrected chi connectivity index (χ3v) is 5.90. The van der Waals surface area contributed by atoms with Gasteiger partial charge in [-0.25, -0.2) is 0 Å². The Kier molecular flexibility index (Phi) is 4.25. The number of halogens is 1. The first-order valence-corrected chi connectivity index (χ1v) is 8.14. The van der Waals surface area contributed by atoms with Crippen molar-refractivity contribution in [3.05, 3.63) is 24.2 Å². The van der Waals surface area contributed by atoms with Gasteiger partial charge in [-0.15, -0.1) is 0 Å². The maximum absolute atomic E-state index is 5.21. The van der Waals surface area contributed by atoms with Crippen LogP contribution in [0.1, 0.15) is 52.0 Å². The monoisotopic (exact) mass is 312 g/mol. The van der Waals surface area contributed by atoms with Crippen LogP contribution in [0.3, 0.4) is 0 Å². The summed E-state index contributed by atoms with van der Waals surface area (Å²) in [4.78, 5) is 0. The Bertz CT molecular complexity index is 353. The summed E-state index contributed by atoms with van der Waals surface area (Å²) < 4.78 is 5.21. The van der Waals surface area contributed by atoms with Crippen molar-refractivity contribution in [2.75, 3.05) is 5.33 Å². The van der Waals surface area contributed by atoms with Crippen LogP contribution in [-0.2, 0) is 6.42 Å². The van der Waals surface area contributed by atoms with Gasteiger partial charge in [-0.05, 0) is 60.5 Å². The van der Waals surface area contributed by atoms with Crippen LogP contribution in [-0.4, -0.2) is 5.33 Å². The van der Waals surface area contributed by atoms with Crippen molar-refractivity contribution in [3.63, 3.8) is 0 Å². The minimum atomic E-state index is 0.450. The summed E-state index contributed by atoms with van der Waals surface area (Å²) in [5, 5.41) is 1.11. The lowest BCUT2D eigenvalue weighted by Gasteiger charge is -2.43. The Hall–Kier alpha value is -0.240. The Morgan fingerprint density at radius 1 is 1.33 bits per heavy atom. The first-order chi connectivity index (χ1) is 8.45. The van der Waals surface area contributed by atoms with Gasteiger partial charge in [-0.1, -0.05) is 36.7 Å². The average Bonchev–Trinajstić information content (AvgIpc) is 2.81. The van der Waals surface area contributed by atoms with E-state index in [4.69, 9.17) is 4.42 Å². The highest BCUT2D eigenvalue weighted by Crippen LogP contribution is 2.47. The highest BCUT2D eigenvalue weighted by Gasteiger charge is 2.38. The van der Waals surface area contributed by atoms with Crippen LogP contribution in [0.5, 0.6) is 0 Å². The molecule has 0 unspecified atom stereocenters. The molecule has 0 N–H and O–H groups in total. The molecule has 0 aliphatic heterocycles. The molecule has 1 aliphatic rings. The Morgan fingerprint density at radius 3 is 2.44 bits per heavy atom. The summed E-state index contributed by atoms with van der Waals surface area (Å²) in [5.41, 5.74) is 2.27. The van der Waals surface area contributed by atoms with Crippen LogP contribution in [0.15, 0.2) is 23.0 Å². The van der Waals surface area contributed by atoms with Gasteiger partial charge >= 0.3 is 0 Å². The molecule has 2 heteroatoms. The second-order valence-electron chi connectivity index (χ2n) is 7.08. The van der Waals surface area contributed by atoms with Crippen molar-refractivity contribution in [2.24, 2.45) is 16.7 Å². The van der Waals surface area contributed by atoms with Gasteiger partial charge in [0, 0.05) is 5.33 Å². The molecule has 1 aliphatic carbocycles. The van der Waals surface area contributed by atoms with E-state index in [-0.39, 0.29) is 0 Å². The van der Waals surface area contributed by atoms with Gasteiger partial charge in [0.05, 0.1) is 12.5 Å².